The molecular formula is C12H14O4. The predicted octanol–water partition coefficient (Wildman–Crippen LogP) is 1.95. The van der Waals surface area contributed by atoms with E-state index in [-0.39, 0.29) is 6.79 Å². The highest BCUT2D eigenvalue weighted by Crippen LogP contribution is 2.38. The summed E-state index contributed by atoms with van der Waals surface area (Å²) in [7, 11) is 1.63. The zero-order valence-corrected chi connectivity index (χ0v) is 9.19. The lowest BCUT2D eigenvalue weighted by molar-refractivity contribution is -0.107. The van der Waals surface area contributed by atoms with E-state index in [1.54, 1.807) is 7.11 Å². The molecule has 0 saturated carbocycles. The molecule has 16 heavy (non-hydrogen) atoms. The van der Waals surface area contributed by atoms with E-state index in [0.29, 0.717) is 6.42 Å². The quantitative estimate of drug-likeness (QED) is 0.564. The van der Waals surface area contributed by atoms with Crippen LogP contribution in [0, 0.1) is 0 Å². The second kappa shape index (κ2) is 4.88. The average Bonchev–Trinajstić information content (AvgIpc) is 2.75. The van der Waals surface area contributed by atoms with Crippen LogP contribution in [0.15, 0.2) is 12.1 Å². The Kier molecular flexibility index (Phi) is 3.29. The molecule has 4 heteroatoms. The molecule has 1 aromatic rings. The molecule has 1 aliphatic rings. The van der Waals surface area contributed by atoms with Crippen molar-refractivity contribution in [3.63, 3.8) is 0 Å². The van der Waals surface area contributed by atoms with Gasteiger partial charge in [0.15, 0.2) is 11.5 Å². The molecule has 2 rings (SSSR count). The van der Waals surface area contributed by atoms with Gasteiger partial charge in [0.1, 0.15) is 12.0 Å². The molecule has 0 aliphatic carbocycles. The van der Waals surface area contributed by atoms with E-state index in [0.717, 1.165) is 41.9 Å². The maximum atomic E-state index is 10.3. The van der Waals surface area contributed by atoms with Crippen LogP contribution in [-0.2, 0) is 11.2 Å². The smallest absolute Gasteiger partial charge is 0.231 e. The Labute approximate surface area is 94.1 Å². The van der Waals surface area contributed by atoms with Crippen LogP contribution < -0.4 is 14.2 Å². The van der Waals surface area contributed by atoms with Gasteiger partial charge >= 0.3 is 0 Å². The Morgan fingerprint density at radius 3 is 2.81 bits per heavy atom. The monoisotopic (exact) mass is 222 g/mol. The fourth-order valence-corrected chi connectivity index (χ4v) is 1.73. The molecule has 0 aromatic heterocycles. The summed E-state index contributed by atoms with van der Waals surface area (Å²) < 4.78 is 15.8. The van der Waals surface area contributed by atoms with Crippen LogP contribution in [0.1, 0.15) is 18.4 Å². The van der Waals surface area contributed by atoms with Gasteiger partial charge in [-0.05, 0) is 24.5 Å². The highest BCUT2D eigenvalue weighted by molar-refractivity contribution is 5.52. The van der Waals surface area contributed by atoms with E-state index in [2.05, 4.69) is 0 Å². The van der Waals surface area contributed by atoms with E-state index in [1.165, 1.54) is 0 Å². The molecule has 0 bridgehead atoms. The maximum absolute atomic E-state index is 10.3. The lowest BCUT2D eigenvalue weighted by Crippen LogP contribution is -1.93. The second-order valence-corrected chi connectivity index (χ2v) is 3.58. The fraction of sp³-hybridized carbons (Fsp3) is 0.417. The van der Waals surface area contributed by atoms with Crippen molar-refractivity contribution in [2.75, 3.05) is 13.9 Å². The number of carbonyl (C=O) groups excluding carboxylic acids is 1. The van der Waals surface area contributed by atoms with E-state index in [4.69, 9.17) is 14.2 Å². The van der Waals surface area contributed by atoms with Crippen LogP contribution in [0.4, 0.5) is 0 Å². The van der Waals surface area contributed by atoms with Gasteiger partial charge in [0.25, 0.3) is 0 Å². The summed E-state index contributed by atoms with van der Waals surface area (Å²) in [4.78, 5) is 10.3. The van der Waals surface area contributed by atoms with Crippen molar-refractivity contribution in [3.05, 3.63) is 17.7 Å². The summed E-state index contributed by atoms with van der Waals surface area (Å²) in [6.45, 7) is 0.260. The van der Waals surface area contributed by atoms with Crippen LogP contribution in [0.5, 0.6) is 17.2 Å². The first-order valence-corrected chi connectivity index (χ1v) is 5.25. The summed E-state index contributed by atoms with van der Waals surface area (Å²) in [6, 6.07) is 3.75. The minimum absolute atomic E-state index is 0.260. The van der Waals surface area contributed by atoms with Crippen molar-refractivity contribution < 1.29 is 19.0 Å². The zero-order chi connectivity index (χ0) is 11.4. The van der Waals surface area contributed by atoms with E-state index < -0.39 is 0 Å². The van der Waals surface area contributed by atoms with Gasteiger partial charge in [-0.2, -0.15) is 0 Å². The van der Waals surface area contributed by atoms with E-state index in [9.17, 15) is 4.79 Å². The Hall–Kier alpha value is -1.71. The molecule has 0 unspecified atom stereocenters. The minimum atomic E-state index is 0.260. The van der Waals surface area contributed by atoms with Crippen molar-refractivity contribution in [2.24, 2.45) is 0 Å². The number of carbonyl (C=O) groups is 1. The molecule has 0 saturated heterocycles. The fourth-order valence-electron chi connectivity index (χ4n) is 1.73. The third kappa shape index (κ3) is 2.10. The van der Waals surface area contributed by atoms with Crippen molar-refractivity contribution in [3.8, 4) is 17.2 Å². The Bertz CT molecular complexity index is 387. The first kappa shape index (κ1) is 10.8. The predicted molar refractivity (Wildman–Crippen MR) is 58.1 cm³/mol. The number of hydrogen-bond acceptors (Lipinski definition) is 4. The Morgan fingerprint density at radius 1 is 1.38 bits per heavy atom. The number of rotatable bonds is 5. The molecule has 0 radical (unpaired) electrons. The van der Waals surface area contributed by atoms with Crippen LogP contribution in [0.25, 0.3) is 0 Å². The Morgan fingerprint density at radius 2 is 2.12 bits per heavy atom. The first-order chi connectivity index (χ1) is 7.85. The standard InChI is InChI=1S/C12H14O4/c1-14-10-7-12-11(15-8-16-12)6-9(10)4-2-3-5-13/h5-7H,2-4,8H2,1H3. The molecule has 1 heterocycles. The topological polar surface area (TPSA) is 44.8 Å². The summed E-state index contributed by atoms with van der Waals surface area (Å²) in [5, 5.41) is 0. The van der Waals surface area contributed by atoms with Gasteiger partial charge < -0.3 is 19.0 Å². The van der Waals surface area contributed by atoms with Crippen LogP contribution >= 0.6 is 0 Å². The van der Waals surface area contributed by atoms with Gasteiger partial charge in [0.05, 0.1) is 7.11 Å². The number of ether oxygens (including phenoxy) is 3. The second-order valence-electron chi connectivity index (χ2n) is 3.58. The number of methoxy groups -OCH3 is 1. The number of aryl methyl sites for hydroxylation is 1. The van der Waals surface area contributed by atoms with Gasteiger partial charge in [-0.3, -0.25) is 0 Å². The minimum Gasteiger partial charge on any atom is -0.496 e. The molecule has 0 spiro atoms. The van der Waals surface area contributed by atoms with Crippen molar-refractivity contribution >= 4 is 6.29 Å². The average molecular weight is 222 g/mol. The van der Waals surface area contributed by atoms with Gasteiger partial charge in [0.2, 0.25) is 6.79 Å². The first-order valence-electron chi connectivity index (χ1n) is 5.25. The van der Waals surface area contributed by atoms with Crippen LogP contribution in [0.2, 0.25) is 0 Å². The Balaban J connectivity index is 2.18. The van der Waals surface area contributed by atoms with E-state index in [1.807, 2.05) is 12.1 Å². The zero-order valence-electron chi connectivity index (χ0n) is 9.19. The van der Waals surface area contributed by atoms with Crippen LogP contribution in [0.3, 0.4) is 0 Å². The lowest BCUT2D eigenvalue weighted by atomic mass is 10.1. The highest BCUT2D eigenvalue weighted by atomic mass is 16.7. The molecule has 1 aliphatic heterocycles. The molecule has 4 nitrogen and oxygen atoms in total. The van der Waals surface area contributed by atoms with Crippen LogP contribution in [-0.4, -0.2) is 20.2 Å². The molecular weight excluding hydrogens is 208 g/mol. The molecule has 0 fully saturated rings. The van der Waals surface area contributed by atoms with Crippen molar-refractivity contribution in [2.45, 2.75) is 19.3 Å². The highest BCUT2D eigenvalue weighted by Gasteiger charge is 2.17. The summed E-state index contributed by atoms with van der Waals surface area (Å²) in [6.07, 6.45) is 3.12. The number of aldehydes is 1. The maximum Gasteiger partial charge on any atom is 0.231 e. The molecule has 0 amide bonds. The van der Waals surface area contributed by atoms with Crippen molar-refractivity contribution in [1.82, 2.24) is 0 Å². The summed E-state index contributed by atoms with van der Waals surface area (Å²) >= 11 is 0. The summed E-state index contributed by atoms with van der Waals surface area (Å²) in [5.74, 6) is 2.26. The molecule has 86 valence electrons. The number of unbranched alkanes of at least 4 members (excludes halogenated alkanes) is 1. The number of benzene rings is 1. The number of hydrogen-bond donors (Lipinski definition) is 0. The SMILES string of the molecule is COc1cc2c(cc1CCCC=O)OCO2. The summed E-state index contributed by atoms with van der Waals surface area (Å²) in [5.41, 5.74) is 1.05. The van der Waals surface area contributed by atoms with Crippen molar-refractivity contribution in [1.29, 1.82) is 0 Å². The van der Waals surface area contributed by atoms with Gasteiger partial charge in [0, 0.05) is 12.5 Å². The largest absolute Gasteiger partial charge is 0.496 e. The normalized spacial score (nSPS) is 12.6. The van der Waals surface area contributed by atoms with E-state index >= 15 is 0 Å². The third-order valence-corrected chi connectivity index (χ3v) is 2.54. The third-order valence-electron chi connectivity index (χ3n) is 2.54. The molecule has 0 N–H and O–H groups in total. The lowest BCUT2D eigenvalue weighted by Gasteiger charge is -2.08. The van der Waals surface area contributed by atoms with Gasteiger partial charge in [-0.25, -0.2) is 0 Å². The molecule has 1 aromatic carbocycles. The van der Waals surface area contributed by atoms with Gasteiger partial charge in [-0.1, -0.05) is 0 Å². The van der Waals surface area contributed by atoms with Gasteiger partial charge in [-0.15, -0.1) is 0 Å². The molecule has 0 atom stereocenters. The number of fused-ring (bicyclic) bond motifs is 1.